The summed E-state index contributed by atoms with van der Waals surface area (Å²) in [7, 11) is 0. The minimum absolute atomic E-state index is 0.0262. The summed E-state index contributed by atoms with van der Waals surface area (Å²) in [5.74, 6) is -0.0275. The number of anilines is 1. The number of para-hydroxylation sites is 1. The molecule has 1 fully saturated rings. The number of benzene rings is 2. The van der Waals surface area contributed by atoms with Crippen LogP contribution in [0.3, 0.4) is 0 Å². The van der Waals surface area contributed by atoms with Crippen molar-refractivity contribution >= 4 is 17.4 Å². The van der Waals surface area contributed by atoms with Crippen LogP contribution in [0.2, 0.25) is 0 Å². The van der Waals surface area contributed by atoms with E-state index < -0.39 is 0 Å². The molecular weight excluding hydrogens is 374 g/mol. The van der Waals surface area contributed by atoms with E-state index in [2.05, 4.69) is 46.3 Å². The van der Waals surface area contributed by atoms with E-state index in [1.54, 1.807) is 0 Å². The van der Waals surface area contributed by atoms with Crippen LogP contribution < -0.4 is 10.2 Å². The predicted molar refractivity (Wildman–Crippen MR) is 122 cm³/mol. The first kappa shape index (κ1) is 22.0. The van der Waals surface area contributed by atoms with E-state index in [4.69, 9.17) is 0 Å². The van der Waals surface area contributed by atoms with Gasteiger partial charge in [-0.2, -0.15) is 0 Å². The molecule has 3 rings (SSSR count). The maximum atomic E-state index is 12.4. The minimum Gasteiger partial charge on any atom is -0.369 e. The highest BCUT2D eigenvalue weighted by Crippen LogP contribution is 2.16. The second-order valence-electron chi connectivity index (χ2n) is 8.23. The summed E-state index contributed by atoms with van der Waals surface area (Å²) in [6.07, 6.45) is 0.485. The van der Waals surface area contributed by atoms with Gasteiger partial charge in [-0.15, -0.1) is 0 Å². The van der Waals surface area contributed by atoms with Gasteiger partial charge in [-0.25, -0.2) is 0 Å². The molecule has 2 aromatic carbocycles. The van der Waals surface area contributed by atoms with Crippen molar-refractivity contribution in [2.45, 2.75) is 39.7 Å². The van der Waals surface area contributed by atoms with Crippen molar-refractivity contribution in [2.75, 3.05) is 37.6 Å². The van der Waals surface area contributed by atoms with Gasteiger partial charge >= 0.3 is 0 Å². The van der Waals surface area contributed by atoms with Crippen LogP contribution in [0.25, 0.3) is 0 Å². The zero-order chi connectivity index (χ0) is 21.5. The molecule has 1 atom stereocenters. The van der Waals surface area contributed by atoms with E-state index in [0.717, 1.165) is 31.7 Å². The number of ketones is 1. The fourth-order valence-corrected chi connectivity index (χ4v) is 3.82. The normalized spacial score (nSPS) is 15.6. The predicted octanol–water partition coefficient (Wildman–Crippen LogP) is 3.59. The molecular formula is C25H33N3O2. The maximum absolute atomic E-state index is 12.4. The van der Waals surface area contributed by atoms with E-state index in [1.165, 1.54) is 11.3 Å². The minimum atomic E-state index is -0.0537. The molecule has 2 aromatic rings. The van der Waals surface area contributed by atoms with Crippen LogP contribution in [0.5, 0.6) is 0 Å². The fraction of sp³-hybridized carbons (Fsp3) is 0.440. The molecule has 1 unspecified atom stereocenters. The van der Waals surface area contributed by atoms with Crippen molar-refractivity contribution in [3.8, 4) is 0 Å². The lowest BCUT2D eigenvalue weighted by Crippen LogP contribution is -2.52. The molecule has 1 aliphatic rings. The average molecular weight is 408 g/mol. The number of piperazine rings is 1. The monoisotopic (exact) mass is 407 g/mol. The van der Waals surface area contributed by atoms with Gasteiger partial charge in [-0.05, 0) is 50.1 Å². The van der Waals surface area contributed by atoms with Gasteiger partial charge in [0.15, 0.2) is 5.78 Å². The van der Waals surface area contributed by atoms with E-state index in [0.29, 0.717) is 12.1 Å². The Morgan fingerprint density at radius 2 is 1.63 bits per heavy atom. The van der Waals surface area contributed by atoms with E-state index >= 15 is 0 Å². The Bertz CT molecular complexity index is 858. The van der Waals surface area contributed by atoms with E-state index in [-0.39, 0.29) is 30.6 Å². The molecule has 0 bridgehead atoms. The molecule has 160 valence electrons. The number of Topliss-reactive ketones (excluding diaryl/α,β-unsaturated/α-hetero) is 1. The van der Waals surface area contributed by atoms with Gasteiger partial charge < -0.3 is 10.2 Å². The second-order valence-corrected chi connectivity index (χ2v) is 8.23. The molecule has 30 heavy (non-hydrogen) atoms. The summed E-state index contributed by atoms with van der Waals surface area (Å²) in [6, 6.07) is 16.5. The van der Waals surface area contributed by atoms with Gasteiger partial charge in [0.05, 0.1) is 0 Å². The van der Waals surface area contributed by atoms with Gasteiger partial charge in [-0.3, -0.25) is 14.5 Å². The third kappa shape index (κ3) is 5.92. The first-order chi connectivity index (χ1) is 14.4. The Labute approximate surface area is 180 Å². The molecule has 0 aromatic heterocycles. The Hall–Kier alpha value is -2.66. The number of carbonyl (C=O) groups is 2. The van der Waals surface area contributed by atoms with Crippen molar-refractivity contribution in [1.29, 1.82) is 0 Å². The van der Waals surface area contributed by atoms with Crippen molar-refractivity contribution in [3.05, 3.63) is 65.2 Å². The number of aryl methyl sites for hydroxylation is 2. The van der Waals surface area contributed by atoms with Crippen LogP contribution in [0.4, 0.5) is 5.69 Å². The summed E-state index contributed by atoms with van der Waals surface area (Å²) >= 11 is 0. The molecule has 0 saturated carbocycles. The molecule has 0 radical (unpaired) electrons. The third-order valence-corrected chi connectivity index (χ3v) is 6.06. The lowest BCUT2D eigenvalue weighted by molar-refractivity contribution is -0.121. The average Bonchev–Trinajstić information content (AvgIpc) is 2.78. The lowest BCUT2D eigenvalue weighted by Gasteiger charge is -2.39. The summed E-state index contributed by atoms with van der Waals surface area (Å²) in [6.45, 7) is 10.7. The largest absolute Gasteiger partial charge is 0.369 e. The second kappa shape index (κ2) is 10.4. The smallest absolute Gasteiger partial charge is 0.220 e. The van der Waals surface area contributed by atoms with Gasteiger partial charge in [0.2, 0.25) is 5.91 Å². The Morgan fingerprint density at radius 1 is 0.933 bits per heavy atom. The van der Waals surface area contributed by atoms with E-state index in [9.17, 15) is 9.59 Å². The van der Waals surface area contributed by atoms with Crippen LogP contribution in [0, 0.1) is 13.8 Å². The molecule has 1 amide bonds. The number of carbonyl (C=O) groups excluding carboxylic acids is 2. The van der Waals surface area contributed by atoms with Gasteiger partial charge in [0.25, 0.3) is 0 Å². The number of hydrogen-bond donors (Lipinski definition) is 1. The third-order valence-electron chi connectivity index (χ3n) is 6.06. The Kier molecular flexibility index (Phi) is 7.63. The summed E-state index contributed by atoms with van der Waals surface area (Å²) in [5.41, 5.74) is 4.23. The fourth-order valence-electron chi connectivity index (χ4n) is 3.82. The quantitative estimate of drug-likeness (QED) is 0.680. The van der Waals surface area contributed by atoms with Crippen LogP contribution >= 0.6 is 0 Å². The highest BCUT2D eigenvalue weighted by atomic mass is 16.2. The molecule has 5 nitrogen and oxygen atoms in total. The van der Waals surface area contributed by atoms with Gasteiger partial charge in [0.1, 0.15) is 0 Å². The Balaban J connectivity index is 1.37. The number of nitrogens with zero attached hydrogens (tertiary/aromatic N) is 2. The molecule has 5 heteroatoms. The van der Waals surface area contributed by atoms with Crippen molar-refractivity contribution < 1.29 is 9.59 Å². The standard InChI is InChI=1S/C25H33N3O2/c1-19-9-10-22(17-20(19)2)24(29)11-12-25(30)26-18-21(3)27-13-15-28(16-14-27)23-7-5-4-6-8-23/h4-10,17,21H,11-16,18H2,1-3H3,(H,26,30). The summed E-state index contributed by atoms with van der Waals surface area (Å²) < 4.78 is 0. The van der Waals surface area contributed by atoms with Crippen LogP contribution in [0.1, 0.15) is 41.3 Å². The highest BCUT2D eigenvalue weighted by molar-refractivity contribution is 5.98. The molecule has 1 N–H and O–H groups in total. The van der Waals surface area contributed by atoms with Crippen LogP contribution in [-0.4, -0.2) is 55.4 Å². The van der Waals surface area contributed by atoms with Crippen molar-refractivity contribution in [2.24, 2.45) is 0 Å². The first-order valence-corrected chi connectivity index (χ1v) is 10.8. The van der Waals surface area contributed by atoms with E-state index in [1.807, 2.05) is 38.1 Å². The van der Waals surface area contributed by atoms with Crippen LogP contribution in [-0.2, 0) is 4.79 Å². The van der Waals surface area contributed by atoms with Crippen LogP contribution in [0.15, 0.2) is 48.5 Å². The van der Waals surface area contributed by atoms with Crippen molar-refractivity contribution in [3.63, 3.8) is 0 Å². The summed E-state index contributed by atoms with van der Waals surface area (Å²) in [4.78, 5) is 29.4. The zero-order valence-electron chi connectivity index (χ0n) is 18.4. The number of amides is 1. The maximum Gasteiger partial charge on any atom is 0.220 e. The SMILES string of the molecule is Cc1ccc(C(=O)CCC(=O)NCC(C)N2CCN(c3ccccc3)CC2)cc1C. The number of nitrogens with one attached hydrogen (secondary N) is 1. The highest BCUT2D eigenvalue weighted by Gasteiger charge is 2.21. The summed E-state index contributed by atoms with van der Waals surface area (Å²) in [5, 5.41) is 3.00. The van der Waals surface area contributed by atoms with Crippen molar-refractivity contribution in [1.82, 2.24) is 10.2 Å². The van der Waals surface area contributed by atoms with Gasteiger partial charge in [-0.1, -0.05) is 30.3 Å². The molecule has 1 aliphatic heterocycles. The number of rotatable bonds is 8. The molecule has 1 heterocycles. The lowest BCUT2D eigenvalue weighted by atomic mass is 10.0. The zero-order valence-corrected chi connectivity index (χ0v) is 18.4. The Morgan fingerprint density at radius 3 is 2.30 bits per heavy atom. The molecule has 1 saturated heterocycles. The number of hydrogen-bond acceptors (Lipinski definition) is 4. The molecule has 0 spiro atoms. The van der Waals surface area contributed by atoms with Gasteiger partial charge in [0, 0.05) is 62.9 Å². The topological polar surface area (TPSA) is 52.7 Å². The first-order valence-electron chi connectivity index (χ1n) is 10.8. The molecule has 0 aliphatic carbocycles.